The predicted octanol–water partition coefficient (Wildman–Crippen LogP) is 4.17. The van der Waals surface area contributed by atoms with Crippen molar-refractivity contribution in [3.63, 3.8) is 0 Å². The first-order valence-electron chi connectivity index (χ1n) is 10.3. The zero-order valence-electron chi connectivity index (χ0n) is 18.9. The normalized spacial score (nSPS) is 10.5. The second kappa shape index (κ2) is 11.4. The van der Waals surface area contributed by atoms with E-state index in [1.807, 2.05) is 0 Å². The number of ether oxygens (including phenoxy) is 3. The Kier molecular flexibility index (Phi) is 8.31. The molecule has 3 aromatic rings. The number of anilines is 1. The van der Waals surface area contributed by atoms with Crippen molar-refractivity contribution >= 4 is 34.3 Å². The van der Waals surface area contributed by atoms with Gasteiger partial charge in [-0.05, 0) is 49.7 Å². The molecule has 0 fully saturated rings. The molecule has 0 bridgehead atoms. The smallest absolute Gasteiger partial charge is 0.350 e. The molecular formula is C24H23FN2O6S. The molecule has 1 heterocycles. The van der Waals surface area contributed by atoms with Crippen molar-refractivity contribution in [3.05, 3.63) is 76.0 Å². The van der Waals surface area contributed by atoms with Gasteiger partial charge in [-0.3, -0.25) is 9.69 Å². The number of aryl methyl sites for hydroxylation is 1. The van der Waals surface area contributed by atoms with Crippen LogP contribution >= 0.6 is 11.3 Å². The first-order chi connectivity index (χ1) is 16.3. The fourth-order valence-corrected chi connectivity index (χ4v) is 3.92. The van der Waals surface area contributed by atoms with Crippen molar-refractivity contribution in [2.24, 2.45) is 0 Å². The summed E-state index contributed by atoms with van der Waals surface area (Å²) in [5, 5.41) is 0.288. The van der Waals surface area contributed by atoms with Crippen LogP contribution in [0.3, 0.4) is 0 Å². The molecule has 34 heavy (non-hydrogen) atoms. The lowest BCUT2D eigenvalue weighted by Crippen LogP contribution is -2.30. The van der Waals surface area contributed by atoms with Crippen LogP contribution in [0.2, 0.25) is 0 Å². The van der Waals surface area contributed by atoms with E-state index < -0.39 is 23.7 Å². The van der Waals surface area contributed by atoms with Gasteiger partial charge in [-0.25, -0.2) is 19.0 Å². The van der Waals surface area contributed by atoms with Crippen LogP contribution in [0.5, 0.6) is 5.75 Å². The standard InChI is InChI=1S/C24H23FN2O6S/c1-4-32-23(30)21-15(2)26-24(34-21)27(13-16-8-10-18(25)11-9-16)22(29)17-6-5-7-19(12-17)33-14-20(28)31-3/h5-12H,4,13-14H2,1-3H3. The van der Waals surface area contributed by atoms with Crippen LogP contribution in [0.15, 0.2) is 48.5 Å². The molecule has 0 radical (unpaired) electrons. The molecule has 0 aliphatic carbocycles. The van der Waals surface area contributed by atoms with Gasteiger partial charge in [-0.1, -0.05) is 29.5 Å². The highest BCUT2D eigenvalue weighted by Crippen LogP contribution is 2.30. The average molecular weight is 487 g/mol. The maximum Gasteiger partial charge on any atom is 0.350 e. The summed E-state index contributed by atoms with van der Waals surface area (Å²) in [6.45, 7) is 3.36. The van der Waals surface area contributed by atoms with E-state index in [2.05, 4.69) is 9.72 Å². The SMILES string of the molecule is CCOC(=O)c1sc(N(Cc2ccc(F)cc2)C(=O)c2cccc(OCC(=O)OC)c2)nc1C. The molecule has 0 spiro atoms. The lowest BCUT2D eigenvalue weighted by atomic mass is 10.1. The summed E-state index contributed by atoms with van der Waals surface area (Å²) in [5.74, 6) is -1.58. The first kappa shape index (κ1) is 24.8. The summed E-state index contributed by atoms with van der Waals surface area (Å²) in [6.07, 6.45) is 0. The lowest BCUT2D eigenvalue weighted by molar-refractivity contribution is -0.142. The molecule has 0 aliphatic rings. The van der Waals surface area contributed by atoms with Gasteiger partial charge < -0.3 is 14.2 Å². The molecule has 8 nitrogen and oxygen atoms in total. The lowest BCUT2D eigenvalue weighted by Gasteiger charge is -2.20. The van der Waals surface area contributed by atoms with Crippen LogP contribution in [0.4, 0.5) is 9.52 Å². The summed E-state index contributed by atoms with van der Waals surface area (Å²) < 4.78 is 28.4. The van der Waals surface area contributed by atoms with E-state index in [1.54, 1.807) is 44.2 Å². The highest BCUT2D eigenvalue weighted by Gasteiger charge is 2.25. The van der Waals surface area contributed by atoms with E-state index in [1.165, 1.54) is 30.2 Å². The van der Waals surface area contributed by atoms with Crippen LogP contribution in [-0.4, -0.2) is 43.2 Å². The van der Waals surface area contributed by atoms with Gasteiger partial charge in [-0.15, -0.1) is 0 Å². The number of carbonyl (C=O) groups is 3. The Balaban J connectivity index is 1.95. The summed E-state index contributed by atoms with van der Waals surface area (Å²) in [7, 11) is 1.25. The minimum absolute atomic E-state index is 0.0849. The predicted molar refractivity (Wildman–Crippen MR) is 124 cm³/mol. The Morgan fingerprint density at radius 1 is 1.12 bits per heavy atom. The van der Waals surface area contributed by atoms with Gasteiger partial charge in [0.2, 0.25) is 0 Å². The minimum Gasteiger partial charge on any atom is -0.482 e. The van der Waals surface area contributed by atoms with Crippen LogP contribution in [0.1, 0.15) is 38.2 Å². The average Bonchev–Trinajstić information content (AvgIpc) is 3.23. The van der Waals surface area contributed by atoms with Crippen molar-refractivity contribution in [2.45, 2.75) is 20.4 Å². The van der Waals surface area contributed by atoms with Gasteiger partial charge in [-0.2, -0.15) is 0 Å². The number of methoxy groups -OCH3 is 1. The number of hydrogen-bond acceptors (Lipinski definition) is 8. The Labute approximate surface area is 199 Å². The van der Waals surface area contributed by atoms with Crippen molar-refractivity contribution in [3.8, 4) is 5.75 Å². The van der Waals surface area contributed by atoms with E-state index in [4.69, 9.17) is 9.47 Å². The number of hydrogen-bond donors (Lipinski definition) is 0. The van der Waals surface area contributed by atoms with Gasteiger partial charge in [0.15, 0.2) is 11.7 Å². The fraction of sp³-hybridized carbons (Fsp3) is 0.250. The third-order valence-electron chi connectivity index (χ3n) is 4.64. The zero-order chi connectivity index (χ0) is 24.7. The molecule has 0 aliphatic heterocycles. The minimum atomic E-state index is -0.556. The van der Waals surface area contributed by atoms with Crippen molar-refractivity contribution in [1.29, 1.82) is 0 Å². The van der Waals surface area contributed by atoms with Crippen molar-refractivity contribution in [2.75, 3.05) is 25.2 Å². The number of nitrogens with zero attached hydrogens (tertiary/aromatic N) is 2. The molecule has 0 saturated heterocycles. The highest BCUT2D eigenvalue weighted by molar-refractivity contribution is 7.17. The number of rotatable bonds is 9. The third kappa shape index (κ3) is 6.16. The maximum absolute atomic E-state index is 13.5. The van der Waals surface area contributed by atoms with E-state index in [0.29, 0.717) is 21.9 Å². The summed E-state index contributed by atoms with van der Waals surface area (Å²) in [6, 6.07) is 12.1. The number of thiazole rings is 1. The number of carbonyl (C=O) groups excluding carboxylic acids is 3. The molecule has 0 atom stereocenters. The van der Waals surface area contributed by atoms with Crippen LogP contribution in [0.25, 0.3) is 0 Å². The molecule has 10 heteroatoms. The Bertz CT molecular complexity index is 1180. The van der Waals surface area contributed by atoms with Gasteiger partial charge >= 0.3 is 11.9 Å². The second-order valence-electron chi connectivity index (χ2n) is 7.04. The van der Waals surface area contributed by atoms with Crippen molar-refractivity contribution in [1.82, 2.24) is 4.98 Å². The first-order valence-corrected chi connectivity index (χ1v) is 11.1. The molecule has 178 valence electrons. The van der Waals surface area contributed by atoms with E-state index in [-0.39, 0.29) is 30.5 Å². The Morgan fingerprint density at radius 3 is 2.53 bits per heavy atom. The monoisotopic (exact) mass is 486 g/mol. The molecular weight excluding hydrogens is 463 g/mol. The molecule has 2 aromatic carbocycles. The third-order valence-corrected chi connectivity index (χ3v) is 5.80. The number of benzene rings is 2. The number of amides is 1. The van der Waals surface area contributed by atoms with E-state index >= 15 is 0 Å². The van der Waals surface area contributed by atoms with Gasteiger partial charge in [0.25, 0.3) is 5.91 Å². The Morgan fingerprint density at radius 2 is 1.85 bits per heavy atom. The number of esters is 2. The molecule has 0 unspecified atom stereocenters. The summed E-state index contributed by atoms with van der Waals surface area (Å²) >= 11 is 1.04. The fourth-order valence-electron chi connectivity index (χ4n) is 2.96. The maximum atomic E-state index is 13.5. The summed E-state index contributed by atoms with van der Waals surface area (Å²) in [4.78, 5) is 43.3. The Hall–Kier alpha value is -3.79. The van der Waals surface area contributed by atoms with Crippen LogP contribution < -0.4 is 9.64 Å². The highest BCUT2D eigenvalue weighted by atomic mass is 32.1. The number of aromatic nitrogens is 1. The van der Waals surface area contributed by atoms with E-state index in [0.717, 1.165) is 11.3 Å². The molecule has 0 saturated carbocycles. The van der Waals surface area contributed by atoms with Gasteiger partial charge in [0.05, 0.1) is 26.0 Å². The van der Waals surface area contributed by atoms with Gasteiger partial charge in [0.1, 0.15) is 16.4 Å². The topological polar surface area (TPSA) is 95.0 Å². The van der Waals surface area contributed by atoms with E-state index in [9.17, 15) is 18.8 Å². The second-order valence-corrected chi connectivity index (χ2v) is 8.02. The molecule has 1 aromatic heterocycles. The largest absolute Gasteiger partial charge is 0.482 e. The zero-order valence-corrected chi connectivity index (χ0v) is 19.7. The quantitative estimate of drug-likeness (QED) is 0.419. The molecule has 0 N–H and O–H groups in total. The van der Waals surface area contributed by atoms with Gasteiger partial charge in [0, 0.05) is 5.56 Å². The molecule has 1 amide bonds. The van der Waals surface area contributed by atoms with Crippen LogP contribution in [0, 0.1) is 12.7 Å². The summed E-state index contributed by atoms with van der Waals surface area (Å²) in [5.41, 5.74) is 1.37. The van der Waals surface area contributed by atoms with Crippen molar-refractivity contribution < 1.29 is 33.0 Å². The van der Waals surface area contributed by atoms with Crippen LogP contribution in [-0.2, 0) is 20.8 Å². The number of halogens is 1. The molecule has 3 rings (SSSR count).